The van der Waals surface area contributed by atoms with Gasteiger partial charge in [-0.05, 0) is 39.5 Å². The Hall–Kier alpha value is 2.75. The lowest BCUT2D eigenvalue weighted by molar-refractivity contribution is 0.349. The zero-order chi connectivity index (χ0) is 15.9. The summed E-state index contributed by atoms with van der Waals surface area (Å²) in [5.74, 6) is 0. The molecule has 0 saturated heterocycles. The van der Waals surface area contributed by atoms with Crippen molar-refractivity contribution in [2.24, 2.45) is 0 Å². The maximum atomic E-state index is 4.84. The second kappa shape index (κ2) is 11.5. The Morgan fingerprint density at radius 3 is 1.64 bits per heavy atom. The van der Waals surface area contributed by atoms with Crippen LogP contribution in [0.2, 0.25) is 0 Å². The van der Waals surface area contributed by atoms with Gasteiger partial charge in [0, 0.05) is 94.3 Å². The molecule has 0 aliphatic carbocycles. The standard InChI is InChI=1S/C11H14BrI3N4S3/c12-9-5-10-7-18(21-14)3-1-17(20-13)2-4-19(22-15)8-11(6-9)16-10/h5-6H,1-4,7-8H2. The molecule has 124 valence electrons. The molecule has 0 spiro atoms. The van der Waals surface area contributed by atoms with Gasteiger partial charge in [0.2, 0.25) is 0 Å². The normalized spacial score (nSPS) is 19.6. The van der Waals surface area contributed by atoms with Crippen molar-refractivity contribution in [1.29, 1.82) is 0 Å². The SMILES string of the molecule is Brc1cc2nc(c1)CN(SI)CCN(SI)CCN(SI)C2. The van der Waals surface area contributed by atoms with E-state index in [1.807, 2.05) is 0 Å². The molecule has 4 nitrogen and oxygen atoms in total. The van der Waals surface area contributed by atoms with Crippen molar-refractivity contribution in [3.63, 3.8) is 0 Å². The molecule has 0 aromatic carbocycles. The first-order valence-corrected chi connectivity index (χ1v) is 17.1. The number of halogens is 4. The Balaban J connectivity index is 2.22. The summed E-state index contributed by atoms with van der Waals surface area (Å²) in [6.07, 6.45) is 0. The highest BCUT2D eigenvalue weighted by molar-refractivity contribution is 14.2. The van der Waals surface area contributed by atoms with E-state index in [1.54, 1.807) is 27.4 Å². The number of hydrogen-bond acceptors (Lipinski definition) is 7. The van der Waals surface area contributed by atoms with Gasteiger partial charge < -0.3 is 0 Å². The molecule has 2 rings (SSSR count). The van der Waals surface area contributed by atoms with E-state index in [4.69, 9.17) is 4.98 Å². The van der Waals surface area contributed by atoms with Crippen LogP contribution < -0.4 is 0 Å². The van der Waals surface area contributed by atoms with Crippen molar-refractivity contribution in [2.45, 2.75) is 13.1 Å². The summed E-state index contributed by atoms with van der Waals surface area (Å²) in [7, 11) is 5.33. The fraction of sp³-hybridized carbons (Fsp3) is 0.545. The van der Waals surface area contributed by atoms with Crippen LogP contribution >= 0.6 is 107 Å². The summed E-state index contributed by atoms with van der Waals surface area (Å²) >= 11 is 10.7. The average molecular weight is 759 g/mol. The van der Waals surface area contributed by atoms with Gasteiger partial charge in [-0.1, -0.05) is 15.9 Å². The Labute approximate surface area is 189 Å². The highest BCUT2D eigenvalue weighted by Crippen LogP contribution is 2.27. The van der Waals surface area contributed by atoms with Crippen molar-refractivity contribution in [1.82, 2.24) is 17.9 Å². The second-order valence-corrected chi connectivity index (χ2v) is 11.1. The fourth-order valence-electron chi connectivity index (χ4n) is 2.04. The molecule has 2 heterocycles. The third-order valence-electron chi connectivity index (χ3n) is 3.06. The lowest BCUT2D eigenvalue weighted by Crippen LogP contribution is -2.32. The Morgan fingerprint density at radius 1 is 0.818 bits per heavy atom. The van der Waals surface area contributed by atoms with Gasteiger partial charge in [0.25, 0.3) is 0 Å². The number of rotatable bonds is 3. The average Bonchev–Trinajstić information content (AvgIpc) is 2.50. The van der Waals surface area contributed by atoms with E-state index in [-0.39, 0.29) is 0 Å². The third-order valence-corrected chi connectivity index (χ3v) is 10.1. The summed E-state index contributed by atoms with van der Waals surface area (Å²) in [5.41, 5.74) is 2.25. The van der Waals surface area contributed by atoms with E-state index in [1.165, 1.54) is 0 Å². The van der Waals surface area contributed by atoms with Crippen LogP contribution in [0.3, 0.4) is 0 Å². The van der Waals surface area contributed by atoms with Crippen molar-refractivity contribution >= 4 is 107 Å². The van der Waals surface area contributed by atoms with Crippen LogP contribution in [0, 0.1) is 0 Å². The smallest absolute Gasteiger partial charge is 0.0569 e. The molecule has 0 atom stereocenters. The lowest BCUT2D eigenvalue weighted by atomic mass is 10.3. The van der Waals surface area contributed by atoms with E-state index in [0.717, 1.165) is 55.1 Å². The predicted octanol–water partition coefficient (Wildman–Crippen LogP) is 5.76. The van der Waals surface area contributed by atoms with Gasteiger partial charge in [0.15, 0.2) is 0 Å². The highest BCUT2D eigenvalue weighted by atomic mass is 127. The zero-order valence-electron chi connectivity index (χ0n) is 11.4. The van der Waals surface area contributed by atoms with Crippen LogP contribution in [0.15, 0.2) is 16.6 Å². The molecule has 1 aromatic heterocycles. The maximum absolute atomic E-state index is 4.84. The molecule has 0 unspecified atom stereocenters. The minimum Gasteiger partial charge on any atom is -0.255 e. The first kappa shape index (κ1) is 21.1. The summed E-state index contributed by atoms with van der Waals surface area (Å²) in [6.45, 7) is 5.93. The van der Waals surface area contributed by atoms with Gasteiger partial charge in [-0.25, -0.2) is 12.9 Å². The molecule has 2 bridgehead atoms. The van der Waals surface area contributed by atoms with Crippen molar-refractivity contribution in [3.05, 3.63) is 28.0 Å². The van der Waals surface area contributed by atoms with Gasteiger partial charge in [-0.3, -0.25) is 4.98 Å². The molecule has 22 heavy (non-hydrogen) atoms. The maximum Gasteiger partial charge on any atom is 0.0569 e. The summed E-state index contributed by atoms with van der Waals surface area (Å²) < 4.78 is 8.28. The summed E-state index contributed by atoms with van der Waals surface area (Å²) in [5, 5.41) is 0. The predicted molar refractivity (Wildman–Crippen MR) is 129 cm³/mol. The number of aromatic nitrogens is 1. The van der Waals surface area contributed by atoms with E-state index in [0.29, 0.717) is 0 Å². The van der Waals surface area contributed by atoms with Crippen LogP contribution in [-0.4, -0.2) is 44.1 Å². The number of nitrogens with zero attached hydrogens (tertiary/aromatic N) is 4. The van der Waals surface area contributed by atoms with E-state index in [2.05, 4.69) is 105 Å². The van der Waals surface area contributed by atoms with Gasteiger partial charge in [-0.2, -0.15) is 0 Å². The molecule has 1 aliphatic heterocycles. The quantitative estimate of drug-likeness (QED) is 0.286. The zero-order valence-corrected chi connectivity index (χ0v) is 21.9. The monoisotopic (exact) mass is 758 g/mol. The topological polar surface area (TPSA) is 22.6 Å². The van der Waals surface area contributed by atoms with Crippen molar-refractivity contribution in [3.8, 4) is 0 Å². The van der Waals surface area contributed by atoms with Crippen LogP contribution in [0.25, 0.3) is 0 Å². The van der Waals surface area contributed by atoms with Gasteiger partial charge in [-0.15, -0.1) is 0 Å². The molecule has 0 amide bonds. The second-order valence-electron chi connectivity index (χ2n) is 4.63. The van der Waals surface area contributed by atoms with Crippen LogP contribution in [0.1, 0.15) is 11.4 Å². The molecule has 11 heteroatoms. The molecule has 1 aromatic rings. The molecule has 0 N–H and O–H groups in total. The first-order chi connectivity index (χ1) is 10.6. The molecular formula is C11H14BrI3N4S3. The van der Waals surface area contributed by atoms with Crippen molar-refractivity contribution in [2.75, 3.05) is 26.2 Å². The molecule has 0 radical (unpaired) electrons. The Kier molecular flexibility index (Phi) is 11.0. The Morgan fingerprint density at radius 2 is 1.23 bits per heavy atom. The third kappa shape index (κ3) is 7.17. The van der Waals surface area contributed by atoms with Crippen LogP contribution in [0.5, 0.6) is 0 Å². The highest BCUT2D eigenvalue weighted by Gasteiger charge is 2.16. The largest absolute Gasteiger partial charge is 0.255 e. The van der Waals surface area contributed by atoms with Crippen LogP contribution in [0.4, 0.5) is 0 Å². The van der Waals surface area contributed by atoms with Crippen LogP contribution in [-0.2, 0) is 13.1 Å². The minimum atomic E-state index is 0.872. The van der Waals surface area contributed by atoms with Gasteiger partial charge in [0.05, 0.1) is 24.5 Å². The summed E-state index contributed by atoms with van der Waals surface area (Å²) in [4.78, 5) is 4.84. The van der Waals surface area contributed by atoms with E-state index in [9.17, 15) is 0 Å². The minimum absolute atomic E-state index is 0.872. The fourth-order valence-corrected chi connectivity index (χ4v) is 6.73. The molecule has 1 aliphatic rings. The summed E-state index contributed by atoms with van der Waals surface area (Å²) in [6, 6.07) is 4.25. The van der Waals surface area contributed by atoms with Gasteiger partial charge >= 0.3 is 0 Å². The Bertz CT molecular complexity index is 452. The molecular weight excluding hydrogens is 745 g/mol. The lowest BCUT2D eigenvalue weighted by Gasteiger charge is -2.27. The molecule has 0 fully saturated rings. The number of fused-ring (bicyclic) bond motifs is 2. The van der Waals surface area contributed by atoms with E-state index >= 15 is 0 Å². The van der Waals surface area contributed by atoms with Crippen molar-refractivity contribution < 1.29 is 0 Å². The molecule has 0 saturated carbocycles. The number of pyridine rings is 1. The van der Waals surface area contributed by atoms with E-state index < -0.39 is 0 Å². The number of hydrogen-bond donors (Lipinski definition) is 0. The first-order valence-electron chi connectivity index (χ1n) is 6.41. The van der Waals surface area contributed by atoms with Gasteiger partial charge in [0.1, 0.15) is 0 Å².